The number of halogens is 5. The first kappa shape index (κ1) is 24.5. The second-order valence-electron chi connectivity index (χ2n) is 4.43. The van der Waals surface area contributed by atoms with E-state index in [1.807, 2.05) is 6.92 Å². The van der Waals surface area contributed by atoms with E-state index in [4.69, 9.17) is 0 Å². The zero-order chi connectivity index (χ0) is 15.9. The Labute approximate surface area is 126 Å². The summed E-state index contributed by atoms with van der Waals surface area (Å²) >= 11 is 0. The number of alkyl halides is 5. The van der Waals surface area contributed by atoms with Gasteiger partial charge in [-0.2, -0.15) is 22.0 Å². The molecule has 8 heteroatoms. The van der Waals surface area contributed by atoms with Gasteiger partial charge in [0.2, 0.25) is 5.78 Å². The Morgan fingerprint density at radius 3 is 1.60 bits per heavy atom. The van der Waals surface area contributed by atoms with Crippen LogP contribution in [-0.2, 0) is 26.7 Å². The number of rotatable bonds is 5. The van der Waals surface area contributed by atoms with Crippen molar-refractivity contribution in [2.24, 2.45) is 5.92 Å². The van der Waals surface area contributed by atoms with Crippen LogP contribution in [0.5, 0.6) is 0 Å². The van der Waals surface area contributed by atoms with Gasteiger partial charge in [-0.05, 0) is 6.42 Å². The number of Topliss-reactive ketones (excluding diaryl/α,β-unsaturated/α-hetero) is 2. The van der Waals surface area contributed by atoms with Gasteiger partial charge in [0.25, 0.3) is 0 Å². The number of hydrogen-bond acceptors (Lipinski definition) is 2. The molecule has 0 aromatic carbocycles. The predicted octanol–water partition coefficient (Wildman–Crippen LogP) is 4.17. The molecule has 0 atom stereocenters. The van der Waals surface area contributed by atoms with Crippen molar-refractivity contribution < 1.29 is 48.6 Å². The van der Waals surface area contributed by atoms with Crippen molar-refractivity contribution >= 4 is 11.6 Å². The monoisotopic (exact) mass is 353 g/mol. The third-order valence-corrected chi connectivity index (χ3v) is 2.05. The molecule has 0 N–H and O–H groups in total. The molecule has 20 heavy (non-hydrogen) atoms. The van der Waals surface area contributed by atoms with Crippen LogP contribution >= 0.6 is 0 Å². The van der Waals surface area contributed by atoms with Gasteiger partial charge in [0, 0.05) is 19.3 Å². The van der Waals surface area contributed by atoms with E-state index >= 15 is 0 Å². The molecule has 0 bridgehead atoms. The van der Waals surface area contributed by atoms with Crippen molar-refractivity contribution in [1.82, 2.24) is 0 Å². The first-order valence-electron chi connectivity index (χ1n) is 5.86. The molecule has 0 amide bonds. The van der Waals surface area contributed by atoms with Crippen LogP contribution in [0.1, 0.15) is 47.0 Å². The van der Waals surface area contributed by atoms with E-state index in [1.54, 1.807) is 13.8 Å². The van der Waals surface area contributed by atoms with Crippen molar-refractivity contribution in [2.45, 2.75) is 59.1 Å². The fraction of sp³-hybridized carbons (Fsp3) is 0.833. The first-order valence-corrected chi connectivity index (χ1v) is 5.86. The number of carbonyl (C=O) groups excluding carboxylic acids is 2. The summed E-state index contributed by atoms with van der Waals surface area (Å²) in [6.45, 7) is 5.33. The Bertz CT molecular complexity index is 283. The Balaban J connectivity index is -0.000000288. The van der Waals surface area contributed by atoms with Crippen LogP contribution in [0, 0.1) is 5.92 Å². The molecule has 0 heterocycles. The fourth-order valence-electron chi connectivity index (χ4n) is 0.783. The van der Waals surface area contributed by atoms with Gasteiger partial charge in [0.05, 0.1) is 0 Å². The van der Waals surface area contributed by atoms with Crippen molar-refractivity contribution in [3.05, 3.63) is 0 Å². The molecule has 0 fully saturated rings. The molecular weight excluding hydrogens is 335 g/mol. The van der Waals surface area contributed by atoms with Gasteiger partial charge >= 0.3 is 29.2 Å². The predicted molar refractivity (Wildman–Crippen MR) is 61.1 cm³/mol. The summed E-state index contributed by atoms with van der Waals surface area (Å²) in [4.78, 5) is 22.0. The smallest absolute Gasteiger partial charge is 0.291 e. The first-order chi connectivity index (χ1) is 8.34. The molecule has 0 saturated carbocycles. The number of carbonyl (C=O) groups is 2. The molecule has 123 valence electrons. The molecule has 2 nitrogen and oxygen atoms in total. The van der Waals surface area contributed by atoms with Crippen LogP contribution in [0.15, 0.2) is 0 Å². The van der Waals surface area contributed by atoms with E-state index in [2.05, 4.69) is 0 Å². The minimum atomic E-state index is -5.40. The zero-order valence-electron chi connectivity index (χ0n) is 11.7. The molecule has 0 rings (SSSR count). The van der Waals surface area contributed by atoms with Crippen LogP contribution in [0.4, 0.5) is 22.0 Å². The van der Waals surface area contributed by atoms with Gasteiger partial charge in [0.15, 0.2) is 5.78 Å². The standard InChI is InChI=1S/C9H16O2.C3H3F5.Cu/c1-4-5-6-8(10)9(11)7(2)3;1-2(4,5)3(6,7)8;/h7H,4-6H2,1-3H3;1H3;/q;;+2. The van der Waals surface area contributed by atoms with E-state index in [0.29, 0.717) is 6.42 Å². The van der Waals surface area contributed by atoms with Crippen LogP contribution in [-0.4, -0.2) is 23.7 Å². The Morgan fingerprint density at radius 2 is 1.40 bits per heavy atom. The molecular formula is C12H19CuF5O2+2. The number of unbranched alkanes of at least 4 members (excludes halogenated alkanes) is 1. The summed E-state index contributed by atoms with van der Waals surface area (Å²) in [7, 11) is 0. The number of ketones is 2. The van der Waals surface area contributed by atoms with Gasteiger partial charge in [-0.25, -0.2) is 0 Å². The maximum absolute atomic E-state index is 11.1. The van der Waals surface area contributed by atoms with Crippen molar-refractivity contribution in [3.8, 4) is 0 Å². The van der Waals surface area contributed by atoms with Gasteiger partial charge in [-0.15, -0.1) is 0 Å². The van der Waals surface area contributed by atoms with Gasteiger partial charge in [0.1, 0.15) is 0 Å². The molecule has 0 aliphatic carbocycles. The average molecular weight is 354 g/mol. The van der Waals surface area contributed by atoms with E-state index in [1.165, 1.54) is 0 Å². The summed E-state index contributed by atoms with van der Waals surface area (Å²) < 4.78 is 54.6. The topological polar surface area (TPSA) is 34.1 Å². The van der Waals surface area contributed by atoms with Crippen LogP contribution in [0.25, 0.3) is 0 Å². The molecule has 0 aromatic heterocycles. The summed E-state index contributed by atoms with van der Waals surface area (Å²) in [5, 5.41) is 0. The summed E-state index contributed by atoms with van der Waals surface area (Å²) in [6.07, 6.45) is -3.17. The van der Waals surface area contributed by atoms with Crippen molar-refractivity contribution in [1.29, 1.82) is 0 Å². The van der Waals surface area contributed by atoms with E-state index < -0.39 is 12.1 Å². The van der Waals surface area contributed by atoms with Gasteiger partial charge in [-0.1, -0.05) is 27.2 Å². The molecule has 0 aromatic rings. The maximum atomic E-state index is 11.1. The van der Waals surface area contributed by atoms with E-state index in [-0.39, 0.29) is 41.5 Å². The minimum absolute atomic E-state index is 0. The second kappa shape index (κ2) is 10.3. The third-order valence-electron chi connectivity index (χ3n) is 2.05. The van der Waals surface area contributed by atoms with Crippen molar-refractivity contribution in [3.63, 3.8) is 0 Å². The van der Waals surface area contributed by atoms with Gasteiger partial charge in [-0.3, -0.25) is 9.59 Å². The Kier molecular flexibility index (Phi) is 12.6. The molecule has 0 aliphatic rings. The summed E-state index contributed by atoms with van der Waals surface area (Å²) in [5.74, 6) is -5.13. The number of hydrogen-bond donors (Lipinski definition) is 0. The van der Waals surface area contributed by atoms with E-state index in [0.717, 1.165) is 12.8 Å². The SMILES string of the molecule is CC(F)(F)C(F)(F)F.CCCCC(=O)C(=O)C(C)C.[Cu+2]. The fourth-order valence-corrected chi connectivity index (χ4v) is 0.783. The minimum Gasteiger partial charge on any atom is -0.291 e. The average Bonchev–Trinajstić information content (AvgIpc) is 2.22. The maximum Gasteiger partial charge on any atom is 2.00 e. The van der Waals surface area contributed by atoms with E-state index in [9.17, 15) is 31.5 Å². The van der Waals surface area contributed by atoms with Crippen LogP contribution in [0.3, 0.4) is 0 Å². The van der Waals surface area contributed by atoms with Crippen molar-refractivity contribution in [2.75, 3.05) is 0 Å². The van der Waals surface area contributed by atoms with Crippen LogP contribution in [0.2, 0.25) is 0 Å². The van der Waals surface area contributed by atoms with Gasteiger partial charge < -0.3 is 0 Å². The molecule has 1 radical (unpaired) electrons. The largest absolute Gasteiger partial charge is 2.00 e. The molecule has 0 aliphatic heterocycles. The summed E-state index contributed by atoms with van der Waals surface area (Å²) in [5.41, 5.74) is 0. The molecule has 0 unspecified atom stereocenters. The second-order valence-corrected chi connectivity index (χ2v) is 4.43. The Morgan fingerprint density at radius 1 is 1.05 bits per heavy atom. The molecule has 0 saturated heterocycles. The molecule has 0 spiro atoms. The Hall–Kier alpha value is -0.491. The summed E-state index contributed by atoms with van der Waals surface area (Å²) in [6, 6.07) is 0. The third kappa shape index (κ3) is 11.3. The normalized spacial score (nSPS) is 11.3. The quantitative estimate of drug-likeness (QED) is 0.422. The van der Waals surface area contributed by atoms with Crippen LogP contribution < -0.4 is 0 Å². The zero-order valence-corrected chi connectivity index (χ0v) is 12.6.